The summed E-state index contributed by atoms with van der Waals surface area (Å²) >= 11 is 4.90. The van der Waals surface area contributed by atoms with E-state index in [1.807, 2.05) is 11.4 Å². The molecule has 0 unspecified atom stereocenters. The molecule has 0 radical (unpaired) electrons. The first-order valence-electron chi connectivity index (χ1n) is 2.03. The zero-order valence-corrected chi connectivity index (χ0v) is 6.42. The average Bonchev–Trinajstić information content (AvgIpc) is 2.14. The molecule has 40 valence electrons. The molecule has 0 aromatic carbocycles. The molecule has 1 rings (SSSR count). The van der Waals surface area contributed by atoms with E-state index < -0.39 is 0 Å². The summed E-state index contributed by atoms with van der Waals surface area (Å²) in [4.78, 5) is 0. The Morgan fingerprint density at radius 2 is 2.50 bits per heavy atom. The Morgan fingerprint density at radius 3 is 2.75 bits per heavy atom. The van der Waals surface area contributed by atoms with Gasteiger partial charge in [-0.25, -0.2) is 0 Å². The van der Waals surface area contributed by atoms with Crippen LogP contribution in [0.25, 0.3) is 0 Å². The van der Waals surface area contributed by atoms with Crippen molar-refractivity contribution in [2.24, 2.45) is 0 Å². The molecule has 0 aliphatic rings. The van der Waals surface area contributed by atoms with Gasteiger partial charge < -0.3 is 0 Å². The molecule has 0 amide bonds. The van der Waals surface area contributed by atoms with Crippen molar-refractivity contribution < 1.29 is 0 Å². The summed E-state index contributed by atoms with van der Waals surface area (Å²) in [6.07, 6.45) is 5.10. The largest absolute Gasteiger partial charge is 0.135 e. The number of hydrogen-bond donors (Lipinski definition) is 0. The fourth-order valence-electron chi connectivity index (χ4n) is 0.386. The molecular weight excluding hydrogens is 184 g/mol. The van der Waals surface area contributed by atoms with Gasteiger partial charge in [-0.1, -0.05) is 5.92 Å². The van der Waals surface area contributed by atoms with Gasteiger partial charge in [-0.15, -0.1) is 17.8 Å². The van der Waals surface area contributed by atoms with Gasteiger partial charge >= 0.3 is 0 Å². The van der Waals surface area contributed by atoms with Gasteiger partial charge in [0.1, 0.15) is 0 Å². The number of thiophene rings is 1. The quantitative estimate of drug-likeness (QED) is 0.547. The summed E-state index contributed by atoms with van der Waals surface area (Å²) in [5, 5.41) is 1.93. The van der Waals surface area contributed by atoms with Crippen LogP contribution in [0.5, 0.6) is 0 Å². The van der Waals surface area contributed by atoms with E-state index >= 15 is 0 Å². The minimum Gasteiger partial charge on any atom is -0.135 e. The molecule has 0 atom stereocenters. The summed E-state index contributed by atoms with van der Waals surface area (Å²) in [6, 6.07) is 1.92. The summed E-state index contributed by atoms with van der Waals surface area (Å²) in [5.74, 6) is 2.53. The van der Waals surface area contributed by atoms with Crippen LogP contribution in [-0.2, 0) is 0 Å². The van der Waals surface area contributed by atoms with Crippen LogP contribution in [0.15, 0.2) is 15.2 Å². The number of hydrogen-bond acceptors (Lipinski definition) is 1. The maximum absolute atomic E-state index is 5.10. The first-order chi connectivity index (χ1) is 3.83. The molecule has 1 aromatic rings. The first-order valence-corrected chi connectivity index (χ1v) is 3.71. The van der Waals surface area contributed by atoms with Gasteiger partial charge in [0.25, 0.3) is 0 Å². The van der Waals surface area contributed by atoms with Crippen LogP contribution in [0.4, 0.5) is 0 Å². The van der Waals surface area contributed by atoms with Crippen LogP contribution in [0.2, 0.25) is 0 Å². The lowest BCUT2D eigenvalue weighted by Gasteiger charge is -1.69. The highest BCUT2D eigenvalue weighted by Crippen LogP contribution is 2.19. The van der Waals surface area contributed by atoms with E-state index in [0.717, 1.165) is 9.35 Å². The summed E-state index contributed by atoms with van der Waals surface area (Å²) < 4.78 is 1.09. The maximum Gasteiger partial charge on any atom is 0.0711 e. The molecule has 0 saturated heterocycles. The summed E-state index contributed by atoms with van der Waals surface area (Å²) in [7, 11) is 0. The number of rotatable bonds is 0. The Hall–Kier alpha value is -0.260. The molecular formula is C6H3BrS. The van der Waals surface area contributed by atoms with Crippen molar-refractivity contribution in [3.8, 4) is 12.3 Å². The van der Waals surface area contributed by atoms with Crippen LogP contribution < -0.4 is 0 Å². The second kappa shape index (κ2) is 2.34. The van der Waals surface area contributed by atoms with Gasteiger partial charge in [0.15, 0.2) is 0 Å². The standard InChI is InChI=1S/C6H3BrS/c1-2-5-3-6(7)8-4-5/h1,3-4H. The second-order valence-electron chi connectivity index (χ2n) is 1.28. The molecule has 0 nitrogen and oxygen atoms in total. The zero-order chi connectivity index (χ0) is 5.98. The molecule has 0 fully saturated rings. The van der Waals surface area contributed by atoms with Crippen molar-refractivity contribution in [2.75, 3.05) is 0 Å². The fourth-order valence-corrected chi connectivity index (χ4v) is 1.48. The van der Waals surface area contributed by atoms with Crippen molar-refractivity contribution in [2.45, 2.75) is 0 Å². The van der Waals surface area contributed by atoms with Gasteiger partial charge in [0.05, 0.1) is 3.79 Å². The van der Waals surface area contributed by atoms with Gasteiger partial charge in [-0.05, 0) is 22.0 Å². The van der Waals surface area contributed by atoms with E-state index in [2.05, 4.69) is 21.9 Å². The van der Waals surface area contributed by atoms with Crippen molar-refractivity contribution in [3.05, 3.63) is 20.8 Å². The van der Waals surface area contributed by atoms with Gasteiger partial charge in [-0.3, -0.25) is 0 Å². The smallest absolute Gasteiger partial charge is 0.0711 e. The van der Waals surface area contributed by atoms with E-state index in [1.165, 1.54) is 0 Å². The third-order valence-electron chi connectivity index (χ3n) is 0.734. The molecule has 8 heavy (non-hydrogen) atoms. The highest BCUT2D eigenvalue weighted by Gasteiger charge is 1.89. The van der Waals surface area contributed by atoms with Crippen LogP contribution in [-0.4, -0.2) is 0 Å². The normalized spacial score (nSPS) is 8.50. The second-order valence-corrected chi connectivity index (χ2v) is 3.57. The predicted octanol–water partition coefficient (Wildman–Crippen LogP) is 2.49. The molecule has 2 heteroatoms. The Bertz CT molecular complexity index is 219. The van der Waals surface area contributed by atoms with E-state index in [9.17, 15) is 0 Å². The fraction of sp³-hybridized carbons (Fsp3) is 0. The highest BCUT2D eigenvalue weighted by atomic mass is 79.9. The Morgan fingerprint density at radius 1 is 1.75 bits per heavy atom. The van der Waals surface area contributed by atoms with Gasteiger partial charge in [-0.2, -0.15) is 0 Å². The third kappa shape index (κ3) is 1.12. The minimum absolute atomic E-state index is 0.946. The highest BCUT2D eigenvalue weighted by molar-refractivity contribution is 9.11. The SMILES string of the molecule is C#Cc1csc(Br)c1. The summed E-state index contributed by atoms with van der Waals surface area (Å²) in [5.41, 5.74) is 0.946. The van der Waals surface area contributed by atoms with E-state index in [-0.39, 0.29) is 0 Å². The molecule has 1 heterocycles. The van der Waals surface area contributed by atoms with Gasteiger partial charge in [0.2, 0.25) is 0 Å². The van der Waals surface area contributed by atoms with Crippen LogP contribution in [0, 0.1) is 12.3 Å². The monoisotopic (exact) mass is 186 g/mol. The van der Waals surface area contributed by atoms with Crippen molar-refractivity contribution in [1.29, 1.82) is 0 Å². The van der Waals surface area contributed by atoms with E-state index in [1.54, 1.807) is 11.3 Å². The lowest BCUT2D eigenvalue weighted by atomic mass is 10.4. The van der Waals surface area contributed by atoms with Crippen LogP contribution in [0.3, 0.4) is 0 Å². The Balaban J connectivity index is 3.05. The lowest BCUT2D eigenvalue weighted by molar-refractivity contribution is 1.84. The van der Waals surface area contributed by atoms with Crippen molar-refractivity contribution in [1.82, 2.24) is 0 Å². The Kier molecular flexibility index (Phi) is 1.72. The molecule has 0 saturated carbocycles. The third-order valence-corrected chi connectivity index (χ3v) is 2.24. The van der Waals surface area contributed by atoms with Crippen molar-refractivity contribution in [3.63, 3.8) is 0 Å². The predicted molar refractivity (Wildman–Crippen MR) is 40.0 cm³/mol. The molecule has 0 N–H and O–H groups in total. The van der Waals surface area contributed by atoms with Crippen LogP contribution in [0.1, 0.15) is 5.56 Å². The van der Waals surface area contributed by atoms with E-state index in [0.29, 0.717) is 0 Å². The summed E-state index contributed by atoms with van der Waals surface area (Å²) in [6.45, 7) is 0. The topological polar surface area (TPSA) is 0 Å². The minimum atomic E-state index is 0.946. The average molecular weight is 187 g/mol. The number of terminal acetylenes is 1. The van der Waals surface area contributed by atoms with E-state index in [4.69, 9.17) is 6.42 Å². The van der Waals surface area contributed by atoms with Gasteiger partial charge in [0, 0.05) is 10.9 Å². The first kappa shape index (κ1) is 5.87. The molecule has 0 bridgehead atoms. The molecule has 0 aliphatic carbocycles. The Labute approximate surface area is 60.7 Å². The molecule has 0 spiro atoms. The zero-order valence-electron chi connectivity index (χ0n) is 4.02. The molecule has 0 aliphatic heterocycles. The van der Waals surface area contributed by atoms with Crippen molar-refractivity contribution >= 4 is 27.3 Å². The molecule has 1 aromatic heterocycles. The number of halogens is 1. The van der Waals surface area contributed by atoms with Crippen LogP contribution >= 0.6 is 27.3 Å². The lowest BCUT2D eigenvalue weighted by Crippen LogP contribution is -1.55. The maximum atomic E-state index is 5.10.